The van der Waals surface area contributed by atoms with Crippen LogP contribution in [0.15, 0.2) is 107 Å². The molecule has 0 bridgehead atoms. The lowest BCUT2D eigenvalue weighted by Gasteiger charge is -2.18. The number of rotatable bonds is 20. The van der Waals surface area contributed by atoms with Gasteiger partial charge in [0.15, 0.2) is 31.3 Å². The molecule has 8 rings (SSSR count). The zero-order valence-electron chi connectivity index (χ0n) is 42.5. The summed E-state index contributed by atoms with van der Waals surface area (Å²) in [6.07, 6.45) is 1.81. The van der Waals surface area contributed by atoms with Crippen molar-refractivity contribution < 1.29 is 62.8 Å². The van der Waals surface area contributed by atoms with Gasteiger partial charge in [-0.3, -0.25) is 27.9 Å². The number of benzene rings is 4. The third-order valence-corrected chi connectivity index (χ3v) is 16.5. The van der Waals surface area contributed by atoms with Gasteiger partial charge in [0.05, 0.1) is 61.9 Å². The second-order valence-corrected chi connectivity index (χ2v) is 25.2. The fourth-order valence-corrected chi connectivity index (χ4v) is 12.4. The summed E-state index contributed by atoms with van der Waals surface area (Å²) in [5.74, 6) is -0.636. The Morgan fingerprint density at radius 2 is 0.859 bits per heavy atom. The maximum absolute atomic E-state index is 13.2. The van der Waals surface area contributed by atoms with Crippen LogP contribution in [0.5, 0.6) is 23.0 Å². The molecule has 0 amide bonds. The number of hydrogen-bond donors (Lipinski definition) is 4. The van der Waals surface area contributed by atoms with Crippen molar-refractivity contribution in [3.63, 3.8) is 0 Å². The van der Waals surface area contributed by atoms with Crippen LogP contribution in [0.4, 0.5) is 11.9 Å². The highest BCUT2D eigenvalue weighted by Crippen LogP contribution is 2.40. The SMILES string of the molecule is COc1cccc(OC)c1-n1c(NS(=O)(=O)C[C@@H](O)c2ccc(Cl)cc2S(C)(=O)=O)nnc1-c1ccn(C)n1.COc1cccc(OC)c1-n1c(NS(=O)(=O)C[C@H](O)c2ccc(Cl)cc2S(C)(=O)=O)nnc1-c1ccn(C)n1. The van der Waals surface area contributed by atoms with Crippen LogP contribution in [0, 0.1) is 0 Å². The zero-order valence-corrected chi connectivity index (χ0v) is 47.2. The number of aliphatic hydroxyl groups is 2. The maximum Gasteiger partial charge on any atom is 0.243 e. The molecule has 78 heavy (non-hydrogen) atoms. The second-order valence-electron chi connectivity index (χ2n) is 16.8. The molecule has 4 aromatic heterocycles. The van der Waals surface area contributed by atoms with Gasteiger partial charge in [-0.25, -0.2) is 33.7 Å². The molecule has 0 spiro atoms. The monoisotopic (exact) mass is 1190 g/mol. The Morgan fingerprint density at radius 3 is 1.14 bits per heavy atom. The molecule has 26 nitrogen and oxygen atoms in total. The van der Waals surface area contributed by atoms with Crippen LogP contribution in [0.2, 0.25) is 10.0 Å². The molecule has 0 saturated carbocycles. The van der Waals surface area contributed by atoms with Gasteiger partial charge in [0.2, 0.25) is 31.9 Å². The van der Waals surface area contributed by atoms with E-state index < -0.39 is 63.4 Å². The maximum atomic E-state index is 13.2. The number of ether oxygens (including phenoxy) is 4. The van der Waals surface area contributed by atoms with Gasteiger partial charge in [0.1, 0.15) is 45.8 Å². The van der Waals surface area contributed by atoms with E-state index in [1.54, 1.807) is 84.4 Å². The topological polar surface area (TPSA) is 335 Å². The van der Waals surface area contributed by atoms with E-state index in [0.717, 1.165) is 24.6 Å². The minimum Gasteiger partial charge on any atom is -0.494 e. The molecule has 416 valence electrons. The normalized spacial score (nSPS) is 12.8. The standard InChI is InChI=1S/2C23H25ClN6O7S2/c2*1-29-11-10-16(27-29)22-25-26-23(30(22)21-18(36-2)6-5-7-19(21)37-3)28-39(34,35)13-17(31)15-9-8-14(24)12-20(15)38(4,32)33/h2*5-12,17,31H,13H2,1-4H3,(H,26,28)/t2*17-/m10/s1. The number of sulfone groups is 2. The van der Waals surface area contributed by atoms with Crippen LogP contribution in [0.25, 0.3) is 34.4 Å². The van der Waals surface area contributed by atoms with Gasteiger partial charge in [0, 0.05) is 60.2 Å². The molecule has 0 unspecified atom stereocenters. The summed E-state index contributed by atoms with van der Waals surface area (Å²) in [6.45, 7) is 0. The fourth-order valence-electron chi connectivity index (χ4n) is 7.79. The van der Waals surface area contributed by atoms with Gasteiger partial charge in [-0.15, -0.1) is 20.4 Å². The van der Waals surface area contributed by atoms with Gasteiger partial charge < -0.3 is 29.2 Å². The van der Waals surface area contributed by atoms with Crippen molar-refractivity contribution in [2.45, 2.75) is 22.0 Å². The third kappa shape index (κ3) is 13.1. The second kappa shape index (κ2) is 23.3. The van der Waals surface area contributed by atoms with Crippen LogP contribution in [0.3, 0.4) is 0 Å². The molecule has 0 aliphatic heterocycles. The van der Waals surface area contributed by atoms with Crippen molar-refractivity contribution in [2.24, 2.45) is 14.1 Å². The average Bonchev–Trinajstić information content (AvgIpc) is 4.25. The van der Waals surface area contributed by atoms with Gasteiger partial charge in [-0.1, -0.05) is 47.5 Å². The molecule has 32 heteroatoms. The van der Waals surface area contributed by atoms with Gasteiger partial charge in [-0.05, 0) is 60.7 Å². The van der Waals surface area contributed by atoms with Gasteiger partial charge >= 0.3 is 0 Å². The summed E-state index contributed by atoms with van der Waals surface area (Å²) in [6, 6.07) is 20.9. The van der Waals surface area contributed by atoms with Crippen molar-refractivity contribution in [1.82, 2.24) is 49.1 Å². The highest BCUT2D eigenvalue weighted by Gasteiger charge is 2.32. The lowest BCUT2D eigenvalue weighted by molar-refractivity contribution is 0.198. The number of nitrogens with one attached hydrogen (secondary N) is 2. The van der Waals surface area contributed by atoms with E-state index in [1.165, 1.54) is 61.8 Å². The smallest absolute Gasteiger partial charge is 0.243 e. The first kappa shape index (κ1) is 58.4. The van der Waals surface area contributed by atoms with E-state index in [-0.39, 0.29) is 54.5 Å². The van der Waals surface area contributed by atoms with Gasteiger partial charge in [0.25, 0.3) is 0 Å². The number of para-hydroxylation sites is 2. The fraction of sp³-hybridized carbons (Fsp3) is 0.261. The predicted octanol–water partition coefficient (Wildman–Crippen LogP) is 4.43. The quantitative estimate of drug-likeness (QED) is 0.0819. The Hall–Kier alpha value is -7.32. The summed E-state index contributed by atoms with van der Waals surface area (Å²) in [7, 11) is -7.16. The Balaban J connectivity index is 0.000000226. The Kier molecular flexibility index (Phi) is 17.5. The molecule has 0 saturated heterocycles. The van der Waals surface area contributed by atoms with Crippen molar-refractivity contribution in [3.05, 3.63) is 118 Å². The molecule has 8 aromatic rings. The van der Waals surface area contributed by atoms with E-state index in [2.05, 4.69) is 40.0 Å². The lowest BCUT2D eigenvalue weighted by atomic mass is 10.1. The van der Waals surface area contributed by atoms with Crippen molar-refractivity contribution in [1.29, 1.82) is 0 Å². The summed E-state index contributed by atoms with van der Waals surface area (Å²) in [4.78, 5) is -0.561. The molecule has 4 aromatic carbocycles. The molecule has 4 heterocycles. The van der Waals surface area contributed by atoms with E-state index in [0.29, 0.717) is 45.8 Å². The number of aryl methyl sites for hydroxylation is 2. The number of aliphatic hydroxyl groups excluding tert-OH is 2. The molecule has 4 N–H and O–H groups in total. The summed E-state index contributed by atoms with van der Waals surface area (Å²) in [5.41, 5.74) is 1.11. The molecule has 0 aliphatic carbocycles. The van der Waals surface area contributed by atoms with Crippen molar-refractivity contribution in [2.75, 3.05) is 61.9 Å². The van der Waals surface area contributed by atoms with E-state index >= 15 is 0 Å². The van der Waals surface area contributed by atoms with E-state index in [1.807, 2.05) is 0 Å². The largest absolute Gasteiger partial charge is 0.494 e. The third-order valence-electron chi connectivity index (χ3n) is 11.2. The first-order valence-corrected chi connectivity index (χ1v) is 30.2. The highest BCUT2D eigenvalue weighted by molar-refractivity contribution is 7.93. The van der Waals surface area contributed by atoms with Gasteiger partial charge in [-0.2, -0.15) is 10.2 Å². The summed E-state index contributed by atoms with van der Waals surface area (Å²) >= 11 is 11.9. The lowest BCUT2D eigenvalue weighted by Crippen LogP contribution is -2.24. The number of nitrogens with zero attached hydrogens (tertiary/aromatic N) is 10. The first-order valence-electron chi connectivity index (χ1n) is 22.4. The Bertz CT molecular complexity index is 3680. The van der Waals surface area contributed by atoms with Crippen LogP contribution >= 0.6 is 23.2 Å². The number of anilines is 2. The Labute approximate surface area is 458 Å². The first-order chi connectivity index (χ1) is 36.7. The summed E-state index contributed by atoms with van der Waals surface area (Å²) in [5, 5.41) is 46.8. The Morgan fingerprint density at radius 1 is 0.526 bits per heavy atom. The number of halogens is 2. The van der Waals surface area contributed by atoms with Crippen LogP contribution < -0.4 is 28.4 Å². The minimum absolute atomic E-state index is 0.116. The zero-order chi connectivity index (χ0) is 57.1. The highest BCUT2D eigenvalue weighted by atomic mass is 35.5. The predicted molar refractivity (Wildman–Crippen MR) is 287 cm³/mol. The molecular weight excluding hydrogens is 1140 g/mol. The number of sulfonamides is 2. The molecular formula is C46H50Cl2N12O14S4. The summed E-state index contributed by atoms with van der Waals surface area (Å²) < 4.78 is 134. The minimum atomic E-state index is -4.35. The number of hydrogen-bond acceptors (Lipinski definition) is 20. The molecule has 0 fully saturated rings. The van der Waals surface area contributed by atoms with Crippen LogP contribution in [0.1, 0.15) is 23.3 Å². The average molecular weight is 1190 g/mol. The van der Waals surface area contributed by atoms with Crippen LogP contribution in [-0.2, 0) is 53.8 Å². The van der Waals surface area contributed by atoms with Crippen molar-refractivity contribution >= 4 is 74.8 Å². The van der Waals surface area contributed by atoms with Crippen molar-refractivity contribution in [3.8, 4) is 57.4 Å². The molecule has 2 atom stereocenters. The van der Waals surface area contributed by atoms with Crippen LogP contribution in [-0.4, -0.2) is 145 Å². The number of aromatic nitrogens is 10. The van der Waals surface area contributed by atoms with E-state index in [4.69, 9.17) is 42.1 Å². The number of methoxy groups -OCH3 is 4. The molecule has 0 aliphatic rings. The van der Waals surface area contributed by atoms with E-state index in [9.17, 15) is 43.9 Å². The molecule has 0 radical (unpaired) electrons.